The van der Waals surface area contributed by atoms with Crippen LogP contribution in [0.25, 0.3) is 0 Å². The molecule has 0 spiro atoms. The van der Waals surface area contributed by atoms with Crippen molar-refractivity contribution in [3.63, 3.8) is 0 Å². The highest BCUT2D eigenvalue weighted by molar-refractivity contribution is 7.89. The van der Waals surface area contributed by atoms with E-state index in [2.05, 4.69) is 10.0 Å². The van der Waals surface area contributed by atoms with Crippen LogP contribution >= 0.6 is 0 Å². The maximum atomic E-state index is 13.9. The van der Waals surface area contributed by atoms with Gasteiger partial charge >= 0.3 is 0 Å². The van der Waals surface area contributed by atoms with E-state index in [0.717, 1.165) is 5.56 Å². The zero-order valence-electron chi connectivity index (χ0n) is 17.7. The Bertz CT molecular complexity index is 1100. The first-order chi connectivity index (χ1) is 14.6. The zero-order valence-corrected chi connectivity index (χ0v) is 18.5. The third-order valence-corrected chi connectivity index (χ3v) is 6.56. The molecule has 3 rings (SSSR count). The number of benzene rings is 2. The molecule has 0 saturated carbocycles. The number of fused-ring (bicyclic) bond motifs is 1. The van der Waals surface area contributed by atoms with Crippen LogP contribution in [0, 0.1) is 11.7 Å². The Morgan fingerprint density at radius 2 is 1.87 bits per heavy atom. The number of amides is 2. The second-order valence-corrected chi connectivity index (χ2v) is 9.70. The third kappa shape index (κ3) is 5.29. The van der Waals surface area contributed by atoms with Gasteiger partial charge in [-0.05, 0) is 54.7 Å². The molecule has 7 nitrogen and oxygen atoms in total. The smallest absolute Gasteiger partial charge is 0.242 e. The number of nitrogens with zero attached hydrogens (tertiary/aromatic N) is 1. The number of sulfonamides is 1. The van der Waals surface area contributed by atoms with Gasteiger partial charge in [0.1, 0.15) is 11.9 Å². The lowest BCUT2D eigenvalue weighted by Crippen LogP contribution is -2.44. The van der Waals surface area contributed by atoms with Crippen molar-refractivity contribution >= 4 is 33.2 Å². The molecule has 2 aromatic carbocycles. The fraction of sp³-hybridized carbons (Fsp3) is 0.364. The number of carbonyl (C=O) groups excluding carboxylic acids is 2. The van der Waals surface area contributed by atoms with Gasteiger partial charge in [0.05, 0.1) is 10.6 Å². The summed E-state index contributed by atoms with van der Waals surface area (Å²) < 4.78 is 42.4. The van der Waals surface area contributed by atoms with Crippen molar-refractivity contribution in [2.24, 2.45) is 5.92 Å². The maximum absolute atomic E-state index is 13.9. The summed E-state index contributed by atoms with van der Waals surface area (Å²) in [7, 11) is -4.02. The Hall–Kier alpha value is -2.78. The van der Waals surface area contributed by atoms with Crippen LogP contribution in [0.2, 0.25) is 0 Å². The average molecular weight is 448 g/mol. The fourth-order valence-corrected chi connectivity index (χ4v) is 4.85. The number of para-hydroxylation sites is 1. The molecule has 2 amide bonds. The van der Waals surface area contributed by atoms with E-state index in [1.165, 1.54) is 37.3 Å². The van der Waals surface area contributed by atoms with Gasteiger partial charge in [-0.25, -0.2) is 12.8 Å². The van der Waals surface area contributed by atoms with E-state index in [4.69, 9.17) is 0 Å². The third-order valence-electron chi connectivity index (χ3n) is 5.09. The van der Waals surface area contributed by atoms with E-state index in [0.29, 0.717) is 18.7 Å². The van der Waals surface area contributed by atoms with Crippen LogP contribution in [-0.2, 0) is 26.0 Å². The molecule has 1 unspecified atom stereocenters. The SMILES string of the molecule is CC(=O)N1CCc2cc(S(=O)(=O)NC(CC(C)C)C(=O)Nc3ccccc3F)ccc21. The van der Waals surface area contributed by atoms with Gasteiger partial charge in [0.15, 0.2) is 0 Å². The minimum absolute atomic E-state index is 0.0118. The van der Waals surface area contributed by atoms with Crippen LogP contribution in [0.1, 0.15) is 32.8 Å². The molecular formula is C22H26FN3O4S. The van der Waals surface area contributed by atoms with Crippen molar-refractivity contribution in [2.75, 3.05) is 16.8 Å². The van der Waals surface area contributed by atoms with Gasteiger partial charge in [-0.3, -0.25) is 9.59 Å². The number of anilines is 2. The number of halogens is 1. The fourth-order valence-electron chi connectivity index (χ4n) is 3.59. The first-order valence-electron chi connectivity index (χ1n) is 10.1. The molecule has 2 N–H and O–H groups in total. The first kappa shape index (κ1) is 22.9. The lowest BCUT2D eigenvalue weighted by molar-refractivity contribution is -0.118. The lowest BCUT2D eigenvalue weighted by Gasteiger charge is -2.21. The molecule has 0 saturated heterocycles. The number of nitrogens with one attached hydrogen (secondary N) is 2. The van der Waals surface area contributed by atoms with Gasteiger partial charge in [0.25, 0.3) is 0 Å². The summed E-state index contributed by atoms with van der Waals surface area (Å²) in [4.78, 5) is 26.1. The van der Waals surface area contributed by atoms with Crippen molar-refractivity contribution in [3.8, 4) is 0 Å². The number of hydrogen-bond donors (Lipinski definition) is 2. The highest BCUT2D eigenvalue weighted by atomic mass is 32.2. The Balaban J connectivity index is 1.83. The topological polar surface area (TPSA) is 95.6 Å². The summed E-state index contributed by atoms with van der Waals surface area (Å²) in [5.74, 6) is -1.32. The number of rotatable bonds is 7. The Morgan fingerprint density at radius 3 is 2.52 bits per heavy atom. The van der Waals surface area contributed by atoms with Crippen LogP contribution in [0.3, 0.4) is 0 Å². The minimum Gasteiger partial charge on any atom is -0.322 e. The van der Waals surface area contributed by atoms with E-state index in [9.17, 15) is 22.4 Å². The van der Waals surface area contributed by atoms with Crippen LogP contribution < -0.4 is 14.9 Å². The monoisotopic (exact) mass is 447 g/mol. The van der Waals surface area contributed by atoms with Gasteiger partial charge in [-0.2, -0.15) is 4.72 Å². The van der Waals surface area contributed by atoms with E-state index < -0.39 is 27.8 Å². The number of carbonyl (C=O) groups is 2. The van der Waals surface area contributed by atoms with Crippen molar-refractivity contribution in [1.82, 2.24) is 4.72 Å². The molecule has 0 aliphatic carbocycles. The van der Waals surface area contributed by atoms with E-state index in [-0.39, 0.29) is 28.8 Å². The minimum atomic E-state index is -4.02. The average Bonchev–Trinajstić information content (AvgIpc) is 3.12. The molecule has 9 heteroatoms. The summed E-state index contributed by atoms with van der Waals surface area (Å²) >= 11 is 0. The van der Waals surface area contributed by atoms with Crippen LogP contribution in [-0.4, -0.2) is 32.8 Å². The highest BCUT2D eigenvalue weighted by Crippen LogP contribution is 2.30. The predicted molar refractivity (Wildman–Crippen MR) is 117 cm³/mol. The Morgan fingerprint density at radius 1 is 1.16 bits per heavy atom. The molecule has 0 fully saturated rings. The van der Waals surface area contributed by atoms with Crippen molar-refractivity contribution in [1.29, 1.82) is 0 Å². The quantitative estimate of drug-likeness (QED) is 0.682. The molecule has 1 aliphatic heterocycles. The van der Waals surface area contributed by atoms with Gasteiger partial charge in [-0.15, -0.1) is 0 Å². The van der Waals surface area contributed by atoms with Crippen molar-refractivity contribution in [2.45, 2.75) is 44.6 Å². The lowest BCUT2D eigenvalue weighted by atomic mass is 10.0. The van der Waals surface area contributed by atoms with E-state index in [1.807, 2.05) is 13.8 Å². The Labute approximate surface area is 181 Å². The molecular weight excluding hydrogens is 421 g/mol. The summed E-state index contributed by atoms with van der Waals surface area (Å²) in [6.45, 7) is 5.70. The second kappa shape index (κ2) is 9.15. The summed E-state index contributed by atoms with van der Waals surface area (Å²) in [5, 5.41) is 2.46. The normalized spacial score (nSPS) is 14.4. The van der Waals surface area contributed by atoms with E-state index >= 15 is 0 Å². The molecule has 31 heavy (non-hydrogen) atoms. The molecule has 2 aromatic rings. The molecule has 0 radical (unpaired) electrons. The van der Waals surface area contributed by atoms with Crippen LogP contribution in [0.5, 0.6) is 0 Å². The van der Waals surface area contributed by atoms with Crippen molar-refractivity contribution < 1.29 is 22.4 Å². The molecule has 1 atom stereocenters. The second-order valence-electron chi connectivity index (χ2n) is 7.98. The Kier molecular flexibility index (Phi) is 6.76. The largest absolute Gasteiger partial charge is 0.322 e. The standard InChI is InChI=1S/C22H26FN3O4S/c1-14(2)12-20(22(28)24-19-7-5-4-6-18(19)23)25-31(29,30)17-8-9-21-16(13-17)10-11-26(21)15(3)27/h4-9,13-14,20,25H,10-12H2,1-3H3,(H,24,28). The van der Waals surface area contributed by atoms with Crippen LogP contribution in [0.15, 0.2) is 47.4 Å². The van der Waals surface area contributed by atoms with Gasteiger partial charge in [-0.1, -0.05) is 26.0 Å². The summed E-state index contributed by atoms with van der Waals surface area (Å²) in [6, 6.07) is 9.18. The molecule has 0 bridgehead atoms. The van der Waals surface area contributed by atoms with Gasteiger partial charge in [0.2, 0.25) is 21.8 Å². The molecule has 166 valence electrons. The van der Waals surface area contributed by atoms with Gasteiger partial charge < -0.3 is 10.2 Å². The first-order valence-corrected chi connectivity index (χ1v) is 11.6. The predicted octanol–water partition coefficient (Wildman–Crippen LogP) is 3.07. The summed E-state index contributed by atoms with van der Waals surface area (Å²) in [6.07, 6.45) is 0.796. The number of hydrogen-bond acceptors (Lipinski definition) is 4. The zero-order chi connectivity index (χ0) is 22.8. The molecule has 1 heterocycles. The van der Waals surface area contributed by atoms with Crippen LogP contribution in [0.4, 0.5) is 15.8 Å². The molecule has 1 aliphatic rings. The van der Waals surface area contributed by atoms with Crippen molar-refractivity contribution in [3.05, 3.63) is 53.8 Å². The van der Waals surface area contributed by atoms with Gasteiger partial charge in [0, 0.05) is 19.2 Å². The maximum Gasteiger partial charge on any atom is 0.242 e. The summed E-state index contributed by atoms with van der Waals surface area (Å²) in [5.41, 5.74) is 1.44. The van der Waals surface area contributed by atoms with E-state index in [1.54, 1.807) is 17.0 Å². The molecule has 0 aromatic heterocycles. The highest BCUT2D eigenvalue weighted by Gasteiger charge is 2.29.